The van der Waals surface area contributed by atoms with Crippen molar-refractivity contribution in [2.24, 2.45) is 0 Å². The molecule has 2 amide bonds. The zero-order valence-corrected chi connectivity index (χ0v) is 20.6. The predicted octanol–water partition coefficient (Wildman–Crippen LogP) is 5.28. The summed E-state index contributed by atoms with van der Waals surface area (Å²) in [4.78, 5) is 29.9. The molecule has 1 saturated carbocycles. The molecule has 35 heavy (non-hydrogen) atoms. The van der Waals surface area contributed by atoms with Crippen molar-refractivity contribution >= 4 is 28.8 Å². The summed E-state index contributed by atoms with van der Waals surface area (Å²) in [5, 5.41) is 5.05. The second kappa shape index (κ2) is 11.4. The van der Waals surface area contributed by atoms with Gasteiger partial charge in [-0.25, -0.2) is 4.39 Å². The summed E-state index contributed by atoms with van der Waals surface area (Å²) in [6.07, 6.45) is 4.03. The SMILES string of the molecule is COc1ccc([C@H](C(=O)NC2CCCC2)N(C(=O)Cc2cccs2)c2ccc(F)cc2)c(OC)c1. The molecule has 6 nitrogen and oxygen atoms in total. The lowest BCUT2D eigenvalue weighted by Crippen LogP contribution is -2.47. The first-order valence-corrected chi connectivity index (χ1v) is 12.5. The van der Waals surface area contributed by atoms with Crippen LogP contribution >= 0.6 is 11.3 Å². The quantitative estimate of drug-likeness (QED) is 0.438. The van der Waals surface area contributed by atoms with E-state index < -0.39 is 11.9 Å². The van der Waals surface area contributed by atoms with E-state index in [2.05, 4.69) is 5.32 Å². The number of amides is 2. The number of methoxy groups -OCH3 is 2. The molecule has 0 radical (unpaired) electrons. The number of hydrogen-bond donors (Lipinski definition) is 1. The summed E-state index contributed by atoms with van der Waals surface area (Å²) in [6, 6.07) is 13.6. The van der Waals surface area contributed by atoms with Gasteiger partial charge in [-0.15, -0.1) is 11.3 Å². The molecule has 0 unspecified atom stereocenters. The lowest BCUT2D eigenvalue weighted by molar-refractivity contribution is -0.127. The van der Waals surface area contributed by atoms with E-state index in [1.807, 2.05) is 17.5 Å². The van der Waals surface area contributed by atoms with Crippen molar-refractivity contribution in [3.63, 3.8) is 0 Å². The Balaban J connectivity index is 1.82. The largest absolute Gasteiger partial charge is 0.497 e. The molecule has 3 aromatic rings. The first kappa shape index (κ1) is 24.7. The fraction of sp³-hybridized carbons (Fsp3) is 0.333. The fourth-order valence-electron chi connectivity index (χ4n) is 4.48. The molecule has 0 spiro atoms. The minimum absolute atomic E-state index is 0.0525. The Kier molecular flexibility index (Phi) is 8.02. The average molecular weight is 497 g/mol. The van der Waals surface area contributed by atoms with Crippen molar-refractivity contribution in [3.8, 4) is 11.5 Å². The number of nitrogens with one attached hydrogen (secondary N) is 1. The highest BCUT2D eigenvalue weighted by Gasteiger charge is 2.36. The summed E-state index contributed by atoms with van der Waals surface area (Å²) >= 11 is 1.47. The molecule has 0 saturated heterocycles. The van der Waals surface area contributed by atoms with Gasteiger partial charge in [0, 0.05) is 28.2 Å². The van der Waals surface area contributed by atoms with E-state index in [1.54, 1.807) is 25.3 Å². The highest BCUT2D eigenvalue weighted by atomic mass is 32.1. The molecule has 1 N–H and O–H groups in total. The fourth-order valence-corrected chi connectivity index (χ4v) is 5.17. The van der Waals surface area contributed by atoms with E-state index in [1.165, 1.54) is 47.6 Å². The normalized spacial score (nSPS) is 14.4. The molecule has 8 heteroatoms. The van der Waals surface area contributed by atoms with E-state index in [0.717, 1.165) is 30.6 Å². The van der Waals surface area contributed by atoms with Crippen molar-refractivity contribution < 1.29 is 23.5 Å². The average Bonchev–Trinajstić information content (AvgIpc) is 3.57. The van der Waals surface area contributed by atoms with Crippen LogP contribution in [0.3, 0.4) is 0 Å². The van der Waals surface area contributed by atoms with Crippen molar-refractivity contribution in [2.45, 2.75) is 44.2 Å². The smallest absolute Gasteiger partial charge is 0.248 e. The molecule has 0 bridgehead atoms. The van der Waals surface area contributed by atoms with E-state index in [9.17, 15) is 14.0 Å². The third-order valence-corrected chi connectivity index (χ3v) is 7.10. The van der Waals surface area contributed by atoms with Crippen LogP contribution in [0.25, 0.3) is 0 Å². The molecule has 0 aliphatic heterocycles. The second-order valence-corrected chi connectivity index (χ2v) is 9.53. The van der Waals surface area contributed by atoms with Crippen LogP contribution in [0.2, 0.25) is 0 Å². The van der Waals surface area contributed by atoms with Gasteiger partial charge in [0.25, 0.3) is 0 Å². The van der Waals surface area contributed by atoms with Crippen LogP contribution in [0, 0.1) is 5.82 Å². The summed E-state index contributed by atoms with van der Waals surface area (Å²) in [5.74, 6) is -0.00753. The number of thiophene rings is 1. The summed E-state index contributed by atoms with van der Waals surface area (Å²) in [7, 11) is 3.06. The minimum atomic E-state index is -1.02. The number of nitrogens with zero attached hydrogens (tertiary/aromatic N) is 1. The number of carbonyl (C=O) groups excluding carboxylic acids is 2. The maximum absolute atomic E-state index is 13.8. The zero-order chi connectivity index (χ0) is 24.8. The van der Waals surface area contributed by atoms with Gasteiger partial charge in [0.2, 0.25) is 11.8 Å². The number of halogens is 1. The Hall–Kier alpha value is -3.39. The van der Waals surface area contributed by atoms with Gasteiger partial charge in [0.1, 0.15) is 23.4 Å². The first-order chi connectivity index (χ1) is 17.0. The topological polar surface area (TPSA) is 67.9 Å². The minimum Gasteiger partial charge on any atom is -0.497 e. The number of carbonyl (C=O) groups is 2. The molecular formula is C27H29FN2O4S. The molecule has 1 fully saturated rings. The van der Waals surface area contributed by atoms with Crippen molar-refractivity contribution in [2.75, 3.05) is 19.1 Å². The summed E-state index contributed by atoms with van der Waals surface area (Å²) in [5.41, 5.74) is 0.949. The van der Waals surface area contributed by atoms with Gasteiger partial charge in [-0.05, 0) is 60.7 Å². The monoisotopic (exact) mass is 496 g/mol. The van der Waals surface area contributed by atoms with Crippen molar-refractivity contribution in [3.05, 3.63) is 76.2 Å². The van der Waals surface area contributed by atoms with Crippen LogP contribution in [0.1, 0.15) is 42.2 Å². The van der Waals surface area contributed by atoms with E-state index >= 15 is 0 Å². The lowest BCUT2D eigenvalue weighted by atomic mass is 10.00. The Morgan fingerprint density at radius 1 is 1.09 bits per heavy atom. The molecular weight excluding hydrogens is 467 g/mol. The Bertz CT molecular complexity index is 1140. The molecule has 4 rings (SSSR count). The van der Waals surface area contributed by atoms with E-state index in [-0.39, 0.29) is 24.3 Å². The highest BCUT2D eigenvalue weighted by Crippen LogP contribution is 2.37. The van der Waals surface area contributed by atoms with Crippen LogP contribution in [0.4, 0.5) is 10.1 Å². The van der Waals surface area contributed by atoms with Gasteiger partial charge in [-0.3, -0.25) is 14.5 Å². The number of benzene rings is 2. The Morgan fingerprint density at radius 2 is 1.83 bits per heavy atom. The van der Waals surface area contributed by atoms with Crippen molar-refractivity contribution in [1.29, 1.82) is 0 Å². The Labute approximate surface area is 208 Å². The second-order valence-electron chi connectivity index (χ2n) is 8.50. The maximum Gasteiger partial charge on any atom is 0.248 e. The van der Waals surface area contributed by atoms with Crippen LogP contribution in [-0.2, 0) is 16.0 Å². The van der Waals surface area contributed by atoms with Crippen LogP contribution in [0.15, 0.2) is 60.0 Å². The first-order valence-electron chi connectivity index (χ1n) is 11.6. The highest BCUT2D eigenvalue weighted by molar-refractivity contribution is 7.10. The standard InChI is InChI=1S/C27H29FN2O4S/c1-33-21-13-14-23(24(16-21)34-2)26(27(32)29-19-6-3-4-7-19)30(20-11-9-18(28)10-12-20)25(31)17-22-8-5-15-35-22/h5,8-16,19,26H,3-4,6-7,17H2,1-2H3,(H,29,32)/t26-/m1/s1. The van der Waals surface area contributed by atoms with Crippen LogP contribution in [0.5, 0.6) is 11.5 Å². The van der Waals surface area contributed by atoms with Gasteiger partial charge in [0.05, 0.1) is 20.6 Å². The molecule has 1 aromatic heterocycles. The molecule has 2 aromatic carbocycles. The zero-order valence-electron chi connectivity index (χ0n) is 19.8. The van der Waals surface area contributed by atoms with Crippen LogP contribution < -0.4 is 19.7 Å². The third kappa shape index (κ3) is 5.82. The molecule has 1 heterocycles. The number of rotatable bonds is 9. The van der Waals surface area contributed by atoms with Gasteiger partial charge in [-0.2, -0.15) is 0 Å². The van der Waals surface area contributed by atoms with Crippen LogP contribution in [-0.4, -0.2) is 32.1 Å². The van der Waals surface area contributed by atoms with E-state index in [4.69, 9.17) is 9.47 Å². The molecule has 1 aliphatic carbocycles. The molecule has 1 atom stereocenters. The molecule has 184 valence electrons. The van der Waals surface area contributed by atoms with E-state index in [0.29, 0.717) is 22.7 Å². The predicted molar refractivity (Wildman–Crippen MR) is 135 cm³/mol. The van der Waals surface area contributed by atoms with Gasteiger partial charge < -0.3 is 14.8 Å². The van der Waals surface area contributed by atoms with Gasteiger partial charge >= 0.3 is 0 Å². The Morgan fingerprint density at radius 3 is 2.46 bits per heavy atom. The summed E-state index contributed by atoms with van der Waals surface area (Å²) in [6.45, 7) is 0. The summed E-state index contributed by atoms with van der Waals surface area (Å²) < 4.78 is 24.8. The maximum atomic E-state index is 13.8. The van der Waals surface area contributed by atoms with Gasteiger partial charge in [0.15, 0.2) is 0 Å². The lowest BCUT2D eigenvalue weighted by Gasteiger charge is -2.33. The third-order valence-electron chi connectivity index (χ3n) is 6.22. The number of ether oxygens (including phenoxy) is 2. The van der Waals surface area contributed by atoms with Crippen molar-refractivity contribution in [1.82, 2.24) is 5.32 Å². The number of anilines is 1. The number of hydrogen-bond acceptors (Lipinski definition) is 5. The van der Waals surface area contributed by atoms with Gasteiger partial charge in [-0.1, -0.05) is 18.9 Å². The molecule has 1 aliphatic rings.